The Morgan fingerprint density at radius 2 is 1.58 bits per heavy atom. The molecule has 0 heterocycles. The first-order chi connectivity index (χ1) is 15.8. The lowest BCUT2D eigenvalue weighted by Gasteiger charge is -2.10. The second-order valence-corrected chi connectivity index (χ2v) is 8.18. The summed E-state index contributed by atoms with van der Waals surface area (Å²) in [6.45, 7) is -0.600. The number of benzene rings is 3. The van der Waals surface area contributed by atoms with Crippen LogP contribution in [0.3, 0.4) is 0 Å². The molecule has 0 spiro atoms. The molecule has 3 rings (SSSR count). The molecule has 0 radical (unpaired) electrons. The van der Waals surface area contributed by atoms with Gasteiger partial charge in [-0.15, -0.1) is 0 Å². The highest BCUT2D eigenvalue weighted by atomic mass is 32.2. The van der Waals surface area contributed by atoms with Crippen molar-refractivity contribution in [3.05, 3.63) is 78.4 Å². The van der Waals surface area contributed by atoms with E-state index in [2.05, 4.69) is 15.5 Å². The van der Waals surface area contributed by atoms with Crippen LogP contribution in [-0.4, -0.2) is 34.0 Å². The van der Waals surface area contributed by atoms with Gasteiger partial charge >= 0.3 is 5.97 Å². The highest BCUT2D eigenvalue weighted by molar-refractivity contribution is 7.89. The number of carbonyl (C=O) groups is 2. The molecule has 0 aliphatic carbocycles. The van der Waals surface area contributed by atoms with Gasteiger partial charge in [-0.1, -0.05) is 18.2 Å². The average molecular weight is 468 g/mol. The smallest absolute Gasteiger partial charge is 0.342 e. The fourth-order valence-corrected chi connectivity index (χ4v) is 3.19. The molecule has 0 aliphatic heterocycles. The van der Waals surface area contributed by atoms with E-state index in [0.717, 1.165) is 6.07 Å². The van der Waals surface area contributed by atoms with E-state index < -0.39 is 28.5 Å². The zero-order valence-electron chi connectivity index (χ0n) is 17.5. The van der Waals surface area contributed by atoms with Gasteiger partial charge in [0, 0.05) is 5.69 Å². The summed E-state index contributed by atoms with van der Waals surface area (Å²) in [7, 11) is -2.73. The van der Waals surface area contributed by atoms with Crippen LogP contribution in [0, 0.1) is 0 Å². The summed E-state index contributed by atoms with van der Waals surface area (Å²) in [6, 6.07) is 19.3. The van der Waals surface area contributed by atoms with Crippen molar-refractivity contribution in [1.29, 1.82) is 0 Å². The summed E-state index contributed by atoms with van der Waals surface area (Å²) in [5, 5.41) is 15.9. The molecule has 3 N–H and O–H groups in total. The molecule has 33 heavy (non-hydrogen) atoms. The normalized spacial score (nSPS) is 11.2. The number of nitrogens with one attached hydrogen (secondary N) is 1. The summed E-state index contributed by atoms with van der Waals surface area (Å²) in [6.07, 6.45) is 0. The van der Waals surface area contributed by atoms with Crippen molar-refractivity contribution in [2.45, 2.75) is 4.90 Å². The number of carbonyl (C=O) groups excluding carboxylic acids is 2. The van der Waals surface area contributed by atoms with Crippen molar-refractivity contribution in [2.75, 3.05) is 19.0 Å². The maximum atomic E-state index is 12.4. The minimum absolute atomic E-state index is 0.0769. The van der Waals surface area contributed by atoms with E-state index >= 15 is 0 Å². The van der Waals surface area contributed by atoms with Crippen LogP contribution in [0.4, 0.5) is 17.1 Å². The maximum Gasteiger partial charge on any atom is 0.342 e. The third kappa shape index (κ3) is 6.69. The molecule has 0 atom stereocenters. The van der Waals surface area contributed by atoms with Gasteiger partial charge in [0.05, 0.1) is 23.4 Å². The van der Waals surface area contributed by atoms with Crippen LogP contribution in [0.1, 0.15) is 10.4 Å². The Morgan fingerprint density at radius 1 is 0.939 bits per heavy atom. The number of hydrogen-bond donors (Lipinski definition) is 2. The third-order valence-corrected chi connectivity index (χ3v) is 5.15. The Morgan fingerprint density at radius 3 is 2.18 bits per heavy atom. The zero-order valence-corrected chi connectivity index (χ0v) is 18.3. The van der Waals surface area contributed by atoms with Crippen LogP contribution in [-0.2, 0) is 19.6 Å². The van der Waals surface area contributed by atoms with Crippen molar-refractivity contribution in [3.63, 3.8) is 0 Å². The fourth-order valence-electron chi connectivity index (χ4n) is 2.65. The number of anilines is 1. The summed E-state index contributed by atoms with van der Waals surface area (Å²) < 4.78 is 33.1. The predicted molar refractivity (Wildman–Crippen MR) is 120 cm³/mol. The van der Waals surface area contributed by atoms with Crippen LogP contribution in [0.25, 0.3) is 0 Å². The van der Waals surface area contributed by atoms with Gasteiger partial charge in [0.25, 0.3) is 5.91 Å². The van der Waals surface area contributed by atoms with E-state index in [0.29, 0.717) is 17.1 Å². The first-order valence-electron chi connectivity index (χ1n) is 9.51. The Bertz CT molecular complexity index is 1280. The van der Waals surface area contributed by atoms with Gasteiger partial charge in [-0.2, -0.15) is 10.2 Å². The molecule has 3 aromatic rings. The van der Waals surface area contributed by atoms with Crippen LogP contribution in [0.5, 0.6) is 5.75 Å². The molecule has 0 aromatic heterocycles. The van der Waals surface area contributed by atoms with E-state index in [4.69, 9.17) is 14.6 Å². The van der Waals surface area contributed by atoms with Crippen molar-refractivity contribution >= 4 is 39.0 Å². The van der Waals surface area contributed by atoms with Gasteiger partial charge in [0.2, 0.25) is 10.0 Å². The standard InChI is InChI=1S/C22H20N4O6S/c1-31-20-12-11-18(33(23,29)30)13-19(20)22(28)32-14-21(27)24-15-7-9-17(10-8-15)26-25-16-5-3-2-4-6-16/h2-13H,14H2,1H3,(H,24,27)(H2,23,29,30). The number of esters is 1. The van der Waals surface area contributed by atoms with E-state index in [9.17, 15) is 18.0 Å². The number of ether oxygens (including phenoxy) is 2. The van der Waals surface area contributed by atoms with Crippen LogP contribution >= 0.6 is 0 Å². The lowest BCUT2D eigenvalue weighted by molar-refractivity contribution is -0.119. The van der Waals surface area contributed by atoms with Gasteiger partial charge < -0.3 is 14.8 Å². The molecule has 0 aliphatic rings. The van der Waals surface area contributed by atoms with Gasteiger partial charge in [0.1, 0.15) is 11.3 Å². The molecule has 0 unspecified atom stereocenters. The molecule has 11 heteroatoms. The Labute approximate surface area is 190 Å². The predicted octanol–water partition coefficient (Wildman–Crippen LogP) is 3.55. The Kier molecular flexibility index (Phi) is 7.49. The SMILES string of the molecule is COc1ccc(S(N)(=O)=O)cc1C(=O)OCC(=O)Nc1ccc(N=Nc2ccccc2)cc1. The van der Waals surface area contributed by atoms with Gasteiger partial charge in [-0.3, -0.25) is 4.79 Å². The number of primary sulfonamides is 1. The molecule has 3 aromatic carbocycles. The minimum Gasteiger partial charge on any atom is -0.496 e. The van der Waals surface area contributed by atoms with Gasteiger partial charge in [-0.05, 0) is 54.6 Å². The molecule has 0 bridgehead atoms. The lowest BCUT2D eigenvalue weighted by atomic mass is 10.2. The molecule has 10 nitrogen and oxygen atoms in total. The number of azo groups is 1. The maximum absolute atomic E-state index is 12.4. The van der Waals surface area contributed by atoms with Gasteiger partial charge in [-0.25, -0.2) is 18.4 Å². The van der Waals surface area contributed by atoms with E-state index in [1.165, 1.54) is 19.2 Å². The summed E-state index contributed by atoms with van der Waals surface area (Å²) >= 11 is 0. The van der Waals surface area contributed by atoms with E-state index in [1.807, 2.05) is 30.3 Å². The first-order valence-corrected chi connectivity index (χ1v) is 11.1. The van der Waals surface area contributed by atoms with Crippen molar-refractivity contribution < 1.29 is 27.5 Å². The number of rotatable bonds is 8. The van der Waals surface area contributed by atoms with Crippen molar-refractivity contribution in [1.82, 2.24) is 0 Å². The second kappa shape index (κ2) is 10.5. The summed E-state index contributed by atoms with van der Waals surface area (Å²) in [5.74, 6) is -1.46. The zero-order chi connectivity index (χ0) is 23.8. The van der Waals surface area contributed by atoms with E-state index in [1.54, 1.807) is 24.3 Å². The molecule has 170 valence electrons. The fraction of sp³-hybridized carbons (Fsp3) is 0.0909. The quantitative estimate of drug-likeness (QED) is 0.381. The summed E-state index contributed by atoms with van der Waals surface area (Å²) in [5.41, 5.74) is 1.58. The number of nitrogens with two attached hydrogens (primary N) is 1. The topological polar surface area (TPSA) is 150 Å². The van der Waals surface area contributed by atoms with E-state index in [-0.39, 0.29) is 16.2 Å². The van der Waals surface area contributed by atoms with Gasteiger partial charge in [0.15, 0.2) is 6.61 Å². The Balaban J connectivity index is 1.58. The third-order valence-electron chi connectivity index (χ3n) is 4.24. The molecular weight excluding hydrogens is 448 g/mol. The highest BCUT2D eigenvalue weighted by Gasteiger charge is 2.19. The number of nitrogens with zero attached hydrogens (tertiary/aromatic N) is 2. The first kappa shape index (κ1) is 23.6. The Hall–Kier alpha value is -4.09. The lowest BCUT2D eigenvalue weighted by Crippen LogP contribution is -2.21. The molecule has 1 amide bonds. The average Bonchev–Trinajstić information content (AvgIpc) is 2.81. The van der Waals surface area contributed by atoms with Crippen LogP contribution < -0.4 is 15.2 Å². The summed E-state index contributed by atoms with van der Waals surface area (Å²) in [4.78, 5) is 24.2. The molecular formula is C22H20N4O6S. The van der Waals surface area contributed by atoms with Crippen LogP contribution in [0.15, 0.2) is 87.9 Å². The number of methoxy groups -OCH3 is 1. The minimum atomic E-state index is -4.04. The monoisotopic (exact) mass is 468 g/mol. The molecule has 0 saturated carbocycles. The molecule has 0 fully saturated rings. The largest absolute Gasteiger partial charge is 0.496 e. The number of sulfonamides is 1. The highest BCUT2D eigenvalue weighted by Crippen LogP contribution is 2.23. The molecule has 0 saturated heterocycles. The number of amides is 1. The van der Waals surface area contributed by atoms with Crippen molar-refractivity contribution in [2.24, 2.45) is 15.4 Å². The van der Waals surface area contributed by atoms with Crippen LogP contribution in [0.2, 0.25) is 0 Å². The second-order valence-electron chi connectivity index (χ2n) is 6.61. The number of hydrogen-bond acceptors (Lipinski definition) is 8. The van der Waals surface area contributed by atoms with Crippen molar-refractivity contribution in [3.8, 4) is 5.75 Å².